The van der Waals surface area contributed by atoms with E-state index in [0.717, 1.165) is 24.8 Å². The van der Waals surface area contributed by atoms with E-state index in [1.54, 1.807) is 12.1 Å². The van der Waals surface area contributed by atoms with Gasteiger partial charge < -0.3 is 5.11 Å². The van der Waals surface area contributed by atoms with Crippen LogP contribution in [0.4, 0.5) is 4.39 Å². The lowest BCUT2D eigenvalue weighted by Crippen LogP contribution is -2.39. The summed E-state index contributed by atoms with van der Waals surface area (Å²) in [6, 6.07) is 4.99. The minimum atomic E-state index is -0.622. The lowest BCUT2D eigenvalue weighted by atomic mass is 9.71. The van der Waals surface area contributed by atoms with Crippen LogP contribution in [-0.4, -0.2) is 10.7 Å². The zero-order chi connectivity index (χ0) is 13.3. The molecule has 3 heteroatoms. The maximum Gasteiger partial charge on any atom is 0.137 e. The Morgan fingerprint density at radius 3 is 2.72 bits per heavy atom. The van der Waals surface area contributed by atoms with Gasteiger partial charge in [-0.15, -0.1) is 0 Å². The number of benzene rings is 1. The molecule has 1 aliphatic rings. The van der Waals surface area contributed by atoms with Crippen LogP contribution in [0.15, 0.2) is 22.7 Å². The average molecular weight is 315 g/mol. The van der Waals surface area contributed by atoms with Crippen LogP contribution >= 0.6 is 15.9 Å². The van der Waals surface area contributed by atoms with Crippen molar-refractivity contribution in [1.82, 2.24) is 0 Å². The van der Waals surface area contributed by atoms with Gasteiger partial charge in [0.1, 0.15) is 5.82 Å². The van der Waals surface area contributed by atoms with Gasteiger partial charge in [-0.1, -0.05) is 19.9 Å². The van der Waals surface area contributed by atoms with Crippen LogP contribution in [0.3, 0.4) is 0 Å². The Bertz CT molecular complexity index is 435. The van der Waals surface area contributed by atoms with Gasteiger partial charge in [0.05, 0.1) is 10.1 Å². The molecule has 1 aromatic carbocycles. The molecular formula is C15H20BrFO. The highest BCUT2D eigenvalue weighted by atomic mass is 79.9. The standard InChI is InChI=1S/C15H20BrFO/c1-10-5-6-15(18,8-11(10)2)9-12-3-4-14(17)13(16)7-12/h3-4,7,10-11,18H,5-6,8-9H2,1-2H3. The Balaban J connectivity index is 2.10. The van der Waals surface area contributed by atoms with Gasteiger partial charge in [0.25, 0.3) is 0 Å². The molecule has 3 unspecified atom stereocenters. The fraction of sp³-hybridized carbons (Fsp3) is 0.600. The minimum Gasteiger partial charge on any atom is -0.390 e. The summed E-state index contributed by atoms with van der Waals surface area (Å²) in [6.45, 7) is 4.45. The van der Waals surface area contributed by atoms with Crippen molar-refractivity contribution in [2.24, 2.45) is 11.8 Å². The molecule has 1 aromatic rings. The van der Waals surface area contributed by atoms with Crippen molar-refractivity contribution >= 4 is 15.9 Å². The Kier molecular flexibility index (Phi) is 4.12. The largest absolute Gasteiger partial charge is 0.390 e. The highest BCUT2D eigenvalue weighted by Crippen LogP contribution is 2.38. The van der Waals surface area contributed by atoms with E-state index in [9.17, 15) is 9.50 Å². The normalized spacial score (nSPS) is 32.5. The van der Waals surface area contributed by atoms with E-state index in [4.69, 9.17) is 0 Å². The second kappa shape index (κ2) is 5.30. The summed E-state index contributed by atoms with van der Waals surface area (Å²) in [6.07, 6.45) is 3.36. The van der Waals surface area contributed by atoms with Gasteiger partial charge in [-0.3, -0.25) is 0 Å². The van der Waals surface area contributed by atoms with E-state index in [-0.39, 0.29) is 5.82 Å². The van der Waals surface area contributed by atoms with Gasteiger partial charge in [-0.2, -0.15) is 0 Å². The molecule has 0 radical (unpaired) electrons. The van der Waals surface area contributed by atoms with Crippen LogP contribution in [0.2, 0.25) is 0 Å². The molecule has 0 bridgehead atoms. The summed E-state index contributed by atoms with van der Waals surface area (Å²) in [5.41, 5.74) is 0.371. The monoisotopic (exact) mass is 314 g/mol. The Labute approximate surface area is 117 Å². The Morgan fingerprint density at radius 2 is 2.11 bits per heavy atom. The zero-order valence-corrected chi connectivity index (χ0v) is 12.5. The first-order valence-corrected chi connectivity index (χ1v) is 7.35. The predicted octanol–water partition coefficient (Wildman–Crippen LogP) is 4.32. The first kappa shape index (κ1) is 14.0. The van der Waals surface area contributed by atoms with E-state index >= 15 is 0 Å². The van der Waals surface area contributed by atoms with Gasteiger partial charge in [0.15, 0.2) is 0 Å². The molecule has 1 aliphatic carbocycles. The van der Waals surface area contributed by atoms with Gasteiger partial charge in [-0.25, -0.2) is 4.39 Å². The van der Waals surface area contributed by atoms with E-state index in [0.29, 0.717) is 22.7 Å². The number of rotatable bonds is 2. The molecule has 0 spiro atoms. The molecule has 1 saturated carbocycles. The summed E-state index contributed by atoms with van der Waals surface area (Å²) in [4.78, 5) is 0. The molecule has 100 valence electrons. The fourth-order valence-electron chi connectivity index (χ4n) is 2.87. The lowest BCUT2D eigenvalue weighted by molar-refractivity contribution is -0.0279. The maximum atomic E-state index is 13.2. The van der Waals surface area contributed by atoms with E-state index in [1.807, 2.05) is 0 Å². The highest BCUT2D eigenvalue weighted by Gasteiger charge is 2.35. The highest BCUT2D eigenvalue weighted by molar-refractivity contribution is 9.10. The molecule has 1 fully saturated rings. The van der Waals surface area contributed by atoms with Crippen LogP contribution in [0.1, 0.15) is 38.7 Å². The molecular weight excluding hydrogens is 295 g/mol. The number of hydrogen-bond acceptors (Lipinski definition) is 1. The van der Waals surface area contributed by atoms with Gasteiger partial charge >= 0.3 is 0 Å². The molecule has 1 N–H and O–H groups in total. The molecule has 0 aliphatic heterocycles. The lowest BCUT2D eigenvalue weighted by Gasteiger charge is -2.39. The predicted molar refractivity (Wildman–Crippen MR) is 74.9 cm³/mol. The van der Waals surface area contributed by atoms with Crippen molar-refractivity contribution in [3.05, 3.63) is 34.1 Å². The third-order valence-corrected chi connectivity index (χ3v) is 4.86. The van der Waals surface area contributed by atoms with Gasteiger partial charge in [0, 0.05) is 6.42 Å². The summed E-state index contributed by atoms with van der Waals surface area (Å²) in [5.74, 6) is 0.981. The Hall–Kier alpha value is -0.410. The van der Waals surface area contributed by atoms with Crippen LogP contribution < -0.4 is 0 Å². The first-order valence-electron chi connectivity index (χ1n) is 6.56. The molecule has 3 atom stereocenters. The van der Waals surface area contributed by atoms with E-state index in [2.05, 4.69) is 29.8 Å². The third-order valence-electron chi connectivity index (χ3n) is 4.26. The van der Waals surface area contributed by atoms with Crippen molar-refractivity contribution in [2.75, 3.05) is 0 Å². The molecule has 0 aromatic heterocycles. The van der Waals surface area contributed by atoms with Crippen molar-refractivity contribution in [3.8, 4) is 0 Å². The zero-order valence-electron chi connectivity index (χ0n) is 10.9. The molecule has 2 rings (SSSR count). The quantitative estimate of drug-likeness (QED) is 0.862. The van der Waals surface area contributed by atoms with Crippen molar-refractivity contribution < 1.29 is 9.50 Å². The van der Waals surface area contributed by atoms with Crippen molar-refractivity contribution in [1.29, 1.82) is 0 Å². The topological polar surface area (TPSA) is 20.2 Å². The van der Waals surface area contributed by atoms with Crippen LogP contribution in [0.25, 0.3) is 0 Å². The SMILES string of the molecule is CC1CCC(O)(Cc2ccc(F)c(Br)c2)CC1C. The van der Waals surface area contributed by atoms with Crippen LogP contribution in [-0.2, 0) is 6.42 Å². The van der Waals surface area contributed by atoms with Crippen LogP contribution in [0.5, 0.6) is 0 Å². The number of aliphatic hydroxyl groups is 1. The van der Waals surface area contributed by atoms with E-state index in [1.165, 1.54) is 6.07 Å². The second-order valence-electron chi connectivity index (χ2n) is 5.85. The Morgan fingerprint density at radius 1 is 1.39 bits per heavy atom. The van der Waals surface area contributed by atoms with Gasteiger partial charge in [0.2, 0.25) is 0 Å². The third kappa shape index (κ3) is 3.12. The molecule has 0 saturated heterocycles. The molecule has 0 amide bonds. The summed E-state index contributed by atoms with van der Waals surface area (Å²) in [7, 11) is 0. The summed E-state index contributed by atoms with van der Waals surface area (Å²) in [5, 5.41) is 10.7. The molecule has 0 heterocycles. The summed E-state index contributed by atoms with van der Waals surface area (Å²) >= 11 is 3.19. The smallest absolute Gasteiger partial charge is 0.137 e. The van der Waals surface area contributed by atoms with Crippen molar-refractivity contribution in [2.45, 2.75) is 45.1 Å². The van der Waals surface area contributed by atoms with Gasteiger partial charge in [-0.05, 0) is 64.7 Å². The minimum absolute atomic E-state index is 0.253. The molecule has 1 nitrogen and oxygen atoms in total. The van der Waals surface area contributed by atoms with Crippen LogP contribution in [0, 0.1) is 17.7 Å². The van der Waals surface area contributed by atoms with E-state index < -0.39 is 5.60 Å². The first-order chi connectivity index (χ1) is 8.39. The number of halogens is 2. The number of hydrogen-bond donors (Lipinski definition) is 1. The average Bonchev–Trinajstić information content (AvgIpc) is 2.29. The maximum absolute atomic E-state index is 13.2. The second-order valence-corrected chi connectivity index (χ2v) is 6.70. The summed E-state index contributed by atoms with van der Waals surface area (Å²) < 4.78 is 13.6. The van der Waals surface area contributed by atoms with Crippen molar-refractivity contribution in [3.63, 3.8) is 0 Å². The fourth-order valence-corrected chi connectivity index (χ4v) is 3.30. The molecule has 18 heavy (non-hydrogen) atoms.